The van der Waals surface area contributed by atoms with Gasteiger partial charge in [-0.25, -0.2) is 4.68 Å². The summed E-state index contributed by atoms with van der Waals surface area (Å²) in [4.78, 5) is 29.1. The van der Waals surface area contributed by atoms with Crippen molar-refractivity contribution in [3.8, 4) is 5.69 Å². The normalized spacial score (nSPS) is 20.7. The van der Waals surface area contributed by atoms with Gasteiger partial charge in [0, 0.05) is 51.4 Å². The zero-order valence-corrected chi connectivity index (χ0v) is 15.2. The number of nitrogens with two attached hydrogens (primary N) is 1. The Labute approximate surface area is 157 Å². The van der Waals surface area contributed by atoms with E-state index in [1.165, 1.54) is 10.7 Å². The first-order valence-corrected chi connectivity index (χ1v) is 9.33. The van der Waals surface area contributed by atoms with E-state index < -0.39 is 5.91 Å². The largest absolute Gasteiger partial charge is 0.364 e. The molecule has 8 heteroatoms. The van der Waals surface area contributed by atoms with E-state index in [9.17, 15) is 9.59 Å². The first-order valence-electron chi connectivity index (χ1n) is 9.33. The Morgan fingerprint density at radius 2 is 1.85 bits per heavy atom. The van der Waals surface area contributed by atoms with Crippen molar-refractivity contribution < 1.29 is 9.59 Å². The van der Waals surface area contributed by atoms with Gasteiger partial charge in [-0.3, -0.25) is 14.5 Å². The molecule has 142 valence electrons. The topological polar surface area (TPSA) is 96.5 Å². The second kappa shape index (κ2) is 7.50. The fraction of sp³-hybridized carbons (Fsp3) is 0.421. The average molecular weight is 368 g/mol. The third kappa shape index (κ3) is 3.58. The van der Waals surface area contributed by atoms with Crippen molar-refractivity contribution >= 4 is 11.8 Å². The highest BCUT2D eigenvalue weighted by molar-refractivity contribution is 5.97. The molecular formula is C19H24N6O2. The van der Waals surface area contributed by atoms with Crippen molar-refractivity contribution in [3.05, 3.63) is 47.8 Å². The first-order chi connectivity index (χ1) is 13.1. The molecular weight excluding hydrogens is 344 g/mol. The lowest BCUT2D eigenvalue weighted by Gasteiger charge is -2.32. The van der Waals surface area contributed by atoms with Gasteiger partial charge >= 0.3 is 0 Å². The van der Waals surface area contributed by atoms with E-state index >= 15 is 0 Å². The fourth-order valence-corrected chi connectivity index (χ4v) is 3.86. The van der Waals surface area contributed by atoms with Crippen molar-refractivity contribution in [2.75, 3.05) is 39.3 Å². The Balaban J connectivity index is 1.53. The van der Waals surface area contributed by atoms with E-state index in [1.807, 2.05) is 35.2 Å². The van der Waals surface area contributed by atoms with Crippen molar-refractivity contribution in [1.29, 1.82) is 0 Å². The second-order valence-corrected chi connectivity index (χ2v) is 7.01. The van der Waals surface area contributed by atoms with Gasteiger partial charge in [-0.2, -0.15) is 5.10 Å². The van der Waals surface area contributed by atoms with Gasteiger partial charge in [0.05, 0.1) is 5.69 Å². The molecule has 2 aliphatic heterocycles. The summed E-state index contributed by atoms with van der Waals surface area (Å²) in [6.45, 7) is 5.42. The van der Waals surface area contributed by atoms with Crippen molar-refractivity contribution in [2.45, 2.75) is 12.5 Å². The number of amides is 2. The maximum atomic E-state index is 13.0. The van der Waals surface area contributed by atoms with Crippen LogP contribution in [0.2, 0.25) is 0 Å². The monoisotopic (exact) mass is 368 g/mol. The highest BCUT2D eigenvalue weighted by Gasteiger charge is 2.32. The Kier molecular flexibility index (Phi) is 4.91. The number of likely N-dealkylation sites (tertiary alicyclic amines) is 1. The first kappa shape index (κ1) is 17.7. The molecule has 0 aliphatic carbocycles. The zero-order chi connectivity index (χ0) is 18.8. The van der Waals surface area contributed by atoms with Gasteiger partial charge < -0.3 is 16.0 Å². The third-order valence-corrected chi connectivity index (χ3v) is 5.30. The summed E-state index contributed by atoms with van der Waals surface area (Å²) < 4.78 is 1.44. The zero-order valence-electron chi connectivity index (χ0n) is 15.2. The van der Waals surface area contributed by atoms with Crippen LogP contribution in [0.5, 0.6) is 0 Å². The SMILES string of the molecule is NC(=O)c1cc(C(=O)N2CCC(N3CCNCC3)C2)nn1-c1ccccc1. The summed E-state index contributed by atoms with van der Waals surface area (Å²) in [6, 6.07) is 11.1. The number of aromatic nitrogens is 2. The van der Waals surface area contributed by atoms with Gasteiger partial charge in [0.2, 0.25) is 0 Å². The summed E-state index contributed by atoms with van der Waals surface area (Å²) in [5.74, 6) is -0.754. The molecule has 8 nitrogen and oxygen atoms in total. The van der Waals surface area contributed by atoms with Crippen LogP contribution in [0, 0.1) is 0 Å². The molecule has 1 aromatic heterocycles. The molecule has 2 fully saturated rings. The number of benzene rings is 1. The minimum absolute atomic E-state index is 0.148. The van der Waals surface area contributed by atoms with E-state index in [0.29, 0.717) is 24.8 Å². The number of nitrogens with zero attached hydrogens (tertiary/aromatic N) is 4. The Morgan fingerprint density at radius 1 is 1.11 bits per heavy atom. The predicted octanol–water partition coefficient (Wildman–Crippen LogP) is 0.0909. The Hall–Kier alpha value is -2.71. The molecule has 3 heterocycles. The second-order valence-electron chi connectivity index (χ2n) is 7.01. The molecule has 0 radical (unpaired) electrons. The van der Waals surface area contributed by atoms with Gasteiger partial charge in [0.25, 0.3) is 11.8 Å². The number of hydrogen-bond donors (Lipinski definition) is 2. The van der Waals surface area contributed by atoms with Crippen LogP contribution in [0.4, 0.5) is 0 Å². The molecule has 0 spiro atoms. The molecule has 1 aromatic carbocycles. The summed E-state index contributed by atoms with van der Waals surface area (Å²) in [5.41, 5.74) is 6.67. The minimum Gasteiger partial charge on any atom is -0.364 e. The predicted molar refractivity (Wildman–Crippen MR) is 101 cm³/mol. The molecule has 1 atom stereocenters. The van der Waals surface area contributed by atoms with Crippen LogP contribution in [-0.2, 0) is 0 Å². The quantitative estimate of drug-likeness (QED) is 0.797. The van der Waals surface area contributed by atoms with E-state index in [1.54, 1.807) is 0 Å². The summed E-state index contributed by atoms with van der Waals surface area (Å²) >= 11 is 0. The van der Waals surface area contributed by atoms with E-state index in [2.05, 4.69) is 15.3 Å². The standard InChI is InChI=1S/C19H24N6O2/c20-18(26)17-12-16(22-25(17)14-4-2-1-3-5-14)19(27)24-9-6-15(13-24)23-10-7-21-8-11-23/h1-5,12,15,21H,6-11,13H2,(H2,20,26). The van der Waals surface area contributed by atoms with Gasteiger partial charge in [0.15, 0.2) is 5.69 Å². The summed E-state index contributed by atoms with van der Waals surface area (Å²) in [5, 5.41) is 7.74. The lowest BCUT2D eigenvalue weighted by atomic mass is 10.2. The lowest BCUT2D eigenvalue weighted by molar-refractivity contribution is 0.0767. The molecule has 0 bridgehead atoms. The number of carbonyl (C=O) groups is 2. The van der Waals surface area contributed by atoms with Crippen LogP contribution >= 0.6 is 0 Å². The van der Waals surface area contributed by atoms with Crippen LogP contribution < -0.4 is 11.1 Å². The Morgan fingerprint density at radius 3 is 2.56 bits per heavy atom. The molecule has 1 unspecified atom stereocenters. The fourth-order valence-electron chi connectivity index (χ4n) is 3.86. The minimum atomic E-state index is -0.606. The molecule has 2 aromatic rings. The maximum Gasteiger partial charge on any atom is 0.274 e. The molecule has 27 heavy (non-hydrogen) atoms. The van der Waals surface area contributed by atoms with Crippen molar-refractivity contribution in [1.82, 2.24) is 24.9 Å². The van der Waals surface area contributed by atoms with Crippen LogP contribution in [0.3, 0.4) is 0 Å². The molecule has 2 aliphatic rings. The number of nitrogens with one attached hydrogen (secondary N) is 1. The molecule has 0 saturated carbocycles. The number of para-hydroxylation sites is 1. The average Bonchev–Trinajstić information content (AvgIpc) is 3.37. The number of piperazine rings is 1. The highest BCUT2D eigenvalue weighted by Crippen LogP contribution is 2.20. The number of hydrogen-bond acceptors (Lipinski definition) is 5. The van der Waals surface area contributed by atoms with Crippen LogP contribution in [0.25, 0.3) is 5.69 Å². The van der Waals surface area contributed by atoms with Crippen molar-refractivity contribution in [3.63, 3.8) is 0 Å². The smallest absolute Gasteiger partial charge is 0.274 e. The van der Waals surface area contributed by atoms with Gasteiger partial charge in [-0.15, -0.1) is 0 Å². The van der Waals surface area contributed by atoms with Crippen LogP contribution in [0.15, 0.2) is 36.4 Å². The molecule has 2 saturated heterocycles. The third-order valence-electron chi connectivity index (χ3n) is 5.30. The van der Waals surface area contributed by atoms with Crippen molar-refractivity contribution in [2.24, 2.45) is 5.73 Å². The van der Waals surface area contributed by atoms with Gasteiger partial charge in [-0.1, -0.05) is 18.2 Å². The summed E-state index contributed by atoms with van der Waals surface area (Å²) in [7, 11) is 0. The Bertz CT molecular complexity index is 828. The van der Waals surface area contributed by atoms with Gasteiger partial charge in [-0.05, 0) is 18.6 Å². The highest BCUT2D eigenvalue weighted by atomic mass is 16.2. The summed E-state index contributed by atoms with van der Waals surface area (Å²) in [6.07, 6.45) is 0.966. The molecule has 4 rings (SSSR count). The molecule has 2 amide bonds. The van der Waals surface area contributed by atoms with Gasteiger partial charge in [0.1, 0.15) is 5.69 Å². The number of primary amides is 1. The number of carbonyl (C=O) groups excluding carboxylic acids is 2. The maximum absolute atomic E-state index is 13.0. The number of rotatable bonds is 4. The van der Waals surface area contributed by atoms with Crippen LogP contribution in [-0.4, -0.2) is 76.7 Å². The van der Waals surface area contributed by atoms with E-state index in [-0.39, 0.29) is 17.3 Å². The molecule has 3 N–H and O–H groups in total. The van der Waals surface area contributed by atoms with E-state index in [4.69, 9.17) is 5.73 Å². The van der Waals surface area contributed by atoms with E-state index in [0.717, 1.165) is 32.6 Å². The lowest BCUT2D eigenvalue weighted by Crippen LogP contribution is -2.49. The van der Waals surface area contributed by atoms with Crippen LogP contribution in [0.1, 0.15) is 27.4 Å².